The highest BCUT2D eigenvalue weighted by atomic mass is 32.2. The molecule has 0 aliphatic rings. The SMILES string of the molecule is Cc1cc(C)cc(CSCC(=O)N(Cc2ccccc2C)[C@@H](C)C(=O)NC(C)(C)C)c1. The van der Waals surface area contributed by atoms with Crippen LogP contribution in [0.3, 0.4) is 0 Å². The Labute approximate surface area is 191 Å². The number of carbonyl (C=O) groups excluding carboxylic acids is 2. The molecule has 0 aliphatic heterocycles. The van der Waals surface area contributed by atoms with E-state index in [-0.39, 0.29) is 17.4 Å². The molecular formula is C26H36N2O2S. The van der Waals surface area contributed by atoms with E-state index >= 15 is 0 Å². The lowest BCUT2D eigenvalue weighted by Crippen LogP contribution is -2.52. The lowest BCUT2D eigenvalue weighted by atomic mass is 10.1. The van der Waals surface area contributed by atoms with Crippen molar-refractivity contribution in [2.45, 2.75) is 72.3 Å². The molecule has 0 radical (unpaired) electrons. The van der Waals surface area contributed by atoms with E-state index in [1.807, 2.05) is 58.9 Å². The molecule has 31 heavy (non-hydrogen) atoms. The number of amides is 2. The molecule has 1 atom stereocenters. The van der Waals surface area contributed by atoms with E-state index in [0.717, 1.165) is 16.9 Å². The predicted octanol–water partition coefficient (Wildman–Crippen LogP) is 5.18. The van der Waals surface area contributed by atoms with Gasteiger partial charge < -0.3 is 10.2 Å². The lowest BCUT2D eigenvalue weighted by molar-refractivity contribution is -0.139. The second kappa shape index (κ2) is 10.9. The van der Waals surface area contributed by atoms with Crippen molar-refractivity contribution in [3.05, 3.63) is 70.3 Å². The highest BCUT2D eigenvalue weighted by molar-refractivity contribution is 7.99. The number of benzene rings is 2. The van der Waals surface area contributed by atoms with Gasteiger partial charge in [0.15, 0.2) is 0 Å². The maximum absolute atomic E-state index is 13.2. The predicted molar refractivity (Wildman–Crippen MR) is 131 cm³/mol. The van der Waals surface area contributed by atoms with Crippen molar-refractivity contribution < 1.29 is 9.59 Å². The largest absolute Gasteiger partial charge is 0.350 e. The molecular weight excluding hydrogens is 404 g/mol. The van der Waals surface area contributed by atoms with E-state index in [9.17, 15) is 9.59 Å². The first-order valence-electron chi connectivity index (χ1n) is 10.8. The third kappa shape index (κ3) is 8.06. The maximum Gasteiger partial charge on any atom is 0.242 e. The van der Waals surface area contributed by atoms with Crippen molar-refractivity contribution in [3.8, 4) is 0 Å². The Morgan fingerprint density at radius 3 is 2.23 bits per heavy atom. The molecule has 0 heterocycles. The molecule has 1 N–H and O–H groups in total. The van der Waals surface area contributed by atoms with Gasteiger partial charge in [0.25, 0.3) is 0 Å². The number of hydrogen-bond acceptors (Lipinski definition) is 3. The second-order valence-corrected chi connectivity index (χ2v) is 10.3. The first-order valence-corrected chi connectivity index (χ1v) is 11.9. The lowest BCUT2D eigenvalue weighted by Gasteiger charge is -2.31. The van der Waals surface area contributed by atoms with Crippen LogP contribution in [0.5, 0.6) is 0 Å². The minimum atomic E-state index is -0.548. The summed E-state index contributed by atoms with van der Waals surface area (Å²) in [7, 11) is 0. The summed E-state index contributed by atoms with van der Waals surface area (Å²) in [5, 5.41) is 3.01. The molecule has 0 bridgehead atoms. The van der Waals surface area contributed by atoms with Gasteiger partial charge in [0, 0.05) is 17.8 Å². The van der Waals surface area contributed by atoms with Crippen LogP contribution < -0.4 is 5.32 Å². The first kappa shape index (κ1) is 25.0. The zero-order chi connectivity index (χ0) is 23.2. The third-order valence-corrected chi connectivity index (χ3v) is 6.03. The smallest absolute Gasteiger partial charge is 0.242 e. The highest BCUT2D eigenvalue weighted by Gasteiger charge is 2.28. The van der Waals surface area contributed by atoms with Gasteiger partial charge in [0.05, 0.1) is 5.75 Å². The van der Waals surface area contributed by atoms with E-state index in [4.69, 9.17) is 0 Å². The van der Waals surface area contributed by atoms with Gasteiger partial charge in [-0.25, -0.2) is 0 Å². The van der Waals surface area contributed by atoms with Crippen LogP contribution in [0, 0.1) is 20.8 Å². The van der Waals surface area contributed by atoms with Crippen molar-refractivity contribution in [2.75, 3.05) is 5.75 Å². The van der Waals surface area contributed by atoms with Crippen LogP contribution in [0.1, 0.15) is 55.5 Å². The molecule has 0 saturated carbocycles. The number of aryl methyl sites for hydroxylation is 3. The number of nitrogens with one attached hydrogen (secondary N) is 1. The van der Waals surface area contributed by atoms with Crippen LogP contribution in [0.15, 0.2) is 42.5 Å². The second-order valence-electron chi connectivity index (χ2n) is 9.35. The number of nitrogens with zero attached hydrogens (tertiary/aromatic N) is 1. The summed E-state index contributed by atoms with van der Waals surface area (Å²) in [5.41, 5.74) is 5.52. The molecule has 0 spiro atoms. The van der Waals surface area contributed by atoms with Crippen LogP contribution in [0.25, 0.3) is 0 Å². The molecule has 0 unspecified atom stereocenters. The number of hydrogen-bond donors (Lipinski definition) is 1. The Hall–Kier alpha value is -2.27. The van der Waals surface area contributed by atoms with Gasteiger partial charge in [-0.15, -0.1) is 11.8 Å². The summed E-state index contributed by atoms with van der Waals surface area (Å²) in [5.74, 6) is 0.962. The molecule has 0 aliphatic carbocycles. The van der Waals surface area contributed by atoms with Gasteiger partial charge in [-0.05, 0) is 65.2 Å². The first-order chi connectivity index (χ1) is 14.5. The van der Waals surface area contributed by atoms with Crippen molar-refractivity contribution in [1.29, 1.82) is 0 Å². The molecule has 0 aromatic heterocycles. The molecule has 5 heteroatoms. The molecule has 168 valence electrons. The average molecular weight is 441 g/mol. The molecule has 0 saturated heterocycles. The van der Waals surface area contributed by atoms with Crippen LogP contribution >= 0.6 is 11.8 Å². The highest BCUT2D eigenvalue weighted by Crippen LogP contribution is 2.19. The minimum Gasteiger partial charge on any atom is -0.350 e. The Morgan fingerprint density at radius 1 is 1.03 bits per heavy atom. The normalized spacial score (nSPS) is 12.4. The summed E-state index contributed by atoms with van der Waals surface area (Å²) in [6.07, 6.45) is 0. The topological polar surface area (TPSA) is 49.4 Å². The minimum absolute atomic E-state index is 0.0193. The van der Waals surface area contributed by atoms with Crippen molar-refractivity contribution >= 4 is 23.6 Å². The van der Waals surface area contributed by atoms with E-state index in [1.165, 1.54) is 16.7 Å². The molecule has 2 amide bonds. The molecule has 2 aromatic rings. The van der Waals surface area contributed by atoms with E-state index in [1.54, 1.807) is 16.7 Å². The van der Waals surface area contributed by atoms with Gasteiger partial charge in [-0.3, -0.25) is 9.59 Å². The summed E-state index contributed by atoms with van der Waals surface area (Å²) in [4.78, 5) is 27.8. The van der Waals surface area contributed by atoms with Gasteiger partial charge in [0.1, 0.15) is 6.04 Å². The summed E-state index contributed by atoms with van der Waals surface area (Å²) in [6, 6.07) is 13.9. The zero-order valence-electron chi connectivity index (χ0n) is 19.9. The number of rotatable bonds is 8. The Morgan fingerprint density at radius 2 is 1.65 bits per heavy atom. The summed E-state index contributed by atoms with van der Waals surface area (Å²) >= 11 is 1.59. The molecule has 0 fully saturated rings. The Balaban J connectivity index is 2.13. The number of thioether (sulfide) groups is 1. The van der Waals surface area contributed by atoms with Crippen LogP contribution in [-0.2, 0) is 21.9 Å². The molecule has 2 aromatic carbocycles. The monoisotopic (exact) mass is 440 g/mol. The molecule has 4 nitrogen and oxygen atoms in total. The zero-order valence-corrected chi connectivity index (χ0v) is 20.7. The van der Waals surface area contributed by atoms with Gasteiger partial charge in [-0.2, -0.15) is 0 Å². The summed E-state index contributed by atoms with van der Waals surface area (Å²) in [6.45, 7) is 14.3. The van der Waals surface area contributed by atoms with Crippen molar-refractivity contribution in [1.82, 2.24) is 10.2 Å². The Kier molecular flexibility index (Phi) is 8.75. The fourth-order valence-corrected chi connectivity index (χ4v) is 4.36. The van der Waals surface area contributed by atoms with Crippen molar-refractivity contribution in [2.24, 2.45) is 0 Å². The van der Waals surface area contributed by atoms with E-state index in [2.05, 4.69) is 37.4 Å². The fraction of sp³-hybridized carbons (Fsp3) is 0.462. The van der Waals surface area contributed by atoms with Gasteiger partial charge in [0.2, 0.25) is 11.8 Å². The summed E-state index contributed by atoms with van der Waals surface area (Å²) < 4.78 is 0. The van der Waals surface area contributed by atoms with E-state index < -0.39 is 6.04 Å². The average Bonchev–Trinajstić information content (AvgIpc) is 2.64. The molecule has 2 rings (SSSR count). The van der Waals surface area contributed by atoms with Gasteiger partial charge >= 0.3 is 0 Å². The van der Waals surface area contributed by atoms with E-state index in [0.29, 0.717) is 12.3 Å². The maximum atomic E-state index is 13.2. The van der Waals surface area contributed by atoms with Gasteiger partial charge in [-0.1, -0.05) is 53.6 Å². The van der Waals surface area contributed by atoms with Crippen LogP contribution in [0.2, 0.25) is 0 Å². The van der Waals surface area contributed by atoms with Crippen LogP contribution in [-0.4, -0.2) is 34.0 Å². The number of carbonyl (C=O) groups is 2. The van der Waals surface area contributed by atoms with Crippen LogP contribution in [0.4, 0.5) is 0 Å². The fourth-order valence-electron chi connectivity index (χ4n) is 3.52. The Bertz CT molecular complexity index is 898. The quantitative estimate of drug-likeness (QED) is 0.615. The standard InChI is InChI=1S/C26H36N2O2S/c1-18-12-19(2)14-22(13-18)16-31-17-24(29)28(15-23-11-9-8-10-20(23)3)21(4)25(30)27-26(5,6)7/h8-14,21H,15-17H2,1-7H3,(H,27,30)/t21-/m0/s1. The third-order valence-electron chi connectivity index (χ3n) is 5.04. The van der Waals surface area contributed by atoms with Crippen molar-refractivity contribution in [3.63, 3.8) is 0 Å².